The van der Waals surface area contributed by atoms with Crippen LogP contribution >= 0.6 is 0 Å². The van der Waals surface area contributed by atoms with Gasteiger partial charge in [-0.2, -0.15) is 0 Å². The zero-order valence-electron chi connectivity index (χ0n) is 12.6. The second kappa shape index (κ2) is 5.76. The van der Waals surface area contributed by atoms with Gasteiger partial charge in [0.25, 0.3) is 0 Å². The predicted octanol–water partition coefficient (Wildman–Crippen LogP) is 3.52. The highest BCUT2D eigenvalue weighted by molar-refractivity contribution is 5.92. The van der Waals surface area contributed by atoms with Gasteiger partial charge < -0.3 is 9.72 Å². The largest absolute Gasteiger partial charge is 0.447 e. The molecular weight excluding hydrogens is 290 g/mol. The number of aryl methyl sites for hydroxylation is 1. The molecule has 4 rings (SSSR count). The molecule has 5 heteroatoms. The molecule has 2 aromatic carbocycles. The number of rotatable bonds is 4. The molecular formula is C18H17N3O2. The van der Waals surface area contributed by atoms with E-state index in [-0.39, 0.29) is 12.1 Å². The summed E-state index contributed by atoms with van der Waals surface area (Å²) in [6, 6.07) is 16.2. The van der Waals surface area contributed by atoms with Crippen LogP contribution in [-0.4, -0.2) is 28.7 Å². The molecule has 0 saturated carbocycles. The van der Waals surface area contributed by atoms with Gasteiger partial charge in [0.15, 0.2) is 0 Å². The van der Waals surface area contributed by atoms with Gasteiger partial charge in [-0.25, -0.2) is 9.78 Å². The number of carbonyl (C=O) groups is 1. The lowest BCUT2D eigenvalue weighted by atomic mass is 10.0. The fourth-order valence-electron chi connectivity index (χ4n) is 3.04. The minimum atomic E-state index is -0.280. The molecule has 2 heterocycles. The van der Waals surface area contributed by atoms with Crippen molar-refractivity contribution >= 4 is 22.8 Å². The third-order valence-electron chi connectivity index (χ3n) is 4.25. The van der Waals surface area contributed by atoms with Gasteiger partial charge in [-0.05, 0) is 36.6 Å². The highest BCUT2D eigenvalue weighted by atomic mass is 16.6. The average molecular weight is 307 g/mol. The number of nitrogens with zero attached hydrogens (tertiary/aromatic N) is 2. The Kier molecular flexibility index (Phi) is 3.46. The summed E-state index contributed by atoms with van der Waals surface area (Å²) in [5.41, 5.74) is 3.92. The Morgan fingerprint density at radius 1 is 1.22 bits per heavy atom. The Morgan fingerprint density at radius 2 is 2.09 bits per heavy atom. The number of cyclic esters (lactones) is 1. The first-order valence-electron chi connectivity index (χ1n) is 7.74. The van der Waals surface area contributed by atoms with E-state index < -0.39 is 0 Å². The van der Waals surface area contributed by atoms with Crippen LogP contribution in [0.4, 0.5) is 10.5 Å². The lowest BCUT2D eigenvalue weighted by Gasteiger charge is -2.21. The van der Waals surface area contributed by atoms with Crippen LogP contribution < -0.4 is 4.90 Å². The highest BCUT2D eigenvalue weighted by Gasteiger charge is 2.34. The fourth-order valence-corrected chi connectivity index (χ4v) is 3.04. The molecule has 0 bridgehead atoms. The van der Waals surface area contributed by atoms with Crippen LogP contribution in [0.5, 0.6) is 0 Å². The minimum Gasteiger partial charge on any atom is -0.447 e. The smallest absolute Gasteiger partial charge is 0.414 e. The van der Waals surface area contributed by atoms with E-state index in [2.05, 4.69) is 22.1 Å². The van der Waals surface area contributed by atoms with Crippen LogP contribution in [0.2, 0.25) is 0 Å². The van der Waals surface area contributed by atoms with Gasteiger partial charge >= 0.3 is 6.09 Å². The third kappa shape index (κ3) is 2.65. The van der Waals surface area contributed by atoms with Crippen molar-refractivity contribution in [2.45, 2.75) is 18.9 Å². The normalized spacial score (nSPS) is 17.7. The maximum Gasteiger partial charge on any atom is 0.414 e. The second-order valence-corrected chi connectivity index (χ2v) is 5.73. The maximum atomic E-state index is 12.1. The van der Waals surface area contributed by atoms with Crippen molar-refractivity contribution in [3.63, 3.8) is 0 Å². The number of fused-ring (bicyclic) bond motifs is 1. The topological polar surface area (TPSA) is 58.2 Å². The molecule has 1 aromatic heterocycles. The molecule has 1 fully saturated rings. The number of benzene rings is 2. The zero-order chi connectivity index (χ0) is 15.6. The zero-order valence-corrected chi connectivity index (χ0v) is 12.6. The van der Waals surface area contributed by atoms with Crippen LogP contribution in [0.1, 0.15) is 12.0 Å². The van der Waals surface area contributed by atoms with Crippen LogP contribution in [0.3, 0.4) is 0 Å². The van der Waals surface area contributed by atoms with E-state index in [4.69, 9.17) is 4.74 Å². The molecule has 0 radical (unpaired) electrons. The van der Waals surface area contributed by atoms with E-state index in [0.29, 0.717) is 6.61 Å². The quantitative estimate of drug-likeness (QED) is 0.802. The molecule has 0 aliphatic carbocycles. The van der Waals surface area contributed by atoms with Crippen molar-refractivity contribution in [1.82, 2.24) is 9.97 Å². The van der Waals surface area contributed by atoms with Gasteiger partial charge in [-0.3, -0.25) is 4.90 Å². The number of carbonyl (C=O) groups excluding carboxylic acids is 1. The Balaban J connectivity index is 1.56. The summed E-state index contributed by atoms with van der Waals surface area (Å²) >= 11 is 0. The van der Waals surface area contributed by atoms with Crippen LogP contribution in [0.25, 0.3) is 11.0 Å². The van der Waals surface area contributed by atoms with Gasteiger partial charge in [-0.15, -0.1) is 0 Å². The van der Waals surface area contributed by atoms with Gasteiger partial charge in [0.2, 0.25) is 0 Å². The lowest BCUT2D eigenvalue weighted by molar-refractivity contribution is 0.178. The van der Waals surface area contributed by atoms with Gasteiger partial charge in [-0.1, -0.05) is 30.3 Å². The number of anilines is 1. The van der Waals surface area contributed by atoms with Gasteiger partial charge in [0.05, 0.1) is 23.4 Å². The maximum absolute atomic E-state index is 12.1. The molecule has 3 aromatic rings. The standard InChI is InChI=1S/C18H17N3O2/c22-18-21(14-8-9-16-17(10-14)20-12-19-16)15(11-23-18)7-6-13-4-2-1-3-5-13/h1-5,8-10,12,15H,6-7,11H2,(H,19,20). The first-order valence-corrected chi connectivity index (χ1v) is 7.74. The van der Waals surface area contributed by atoms with Crippen molar-refractivity contribution in [3.05, 3.63) is 60.4 Å². The van der Waals surface area contributed by atoms with Crippen LogP contribution in [0, 0.1) is 0 Å². The summed E-state index contributed by atoms with van der Waals surface area (Å²) in [5, 5.41) is 0. The van der Waals surface area contributed by atoms with Crippen molar-refractivity contribution in [3.8, 4) is 0 Å². The molecule has 5 nitrogen and oxygen atoms in total. The van der Waals surface area contributed by atoms with E-state index >= 15 is 0 Å². The number of hydrogen-bond acceptors (Lipinski definition) is 3. The molecule has 1 aliphatic heterocycles. The molecule has 1 unspecified atom stereocenters. The van der Waals surface area contributed by atoms with Crippen molar-refractivity contribution in [2.24, 2.45) is 0 Å². The molecule has 1 saturated heterocycles. The van der Waals surface area contributed by atoms with E-state index in [1.807, 2.05) is 36.4 Å². The first kappa shape index (κ1) is 13.8. The molecule has 1 atom stereocenters. The van der Waals surface area contributed by atoms with E-state index in [9.17, 15) is 4.79 Å². The lowest BCUT2D eigenvalue weighted by Crippen LogP contribution is -2.33. The number of amides is 1. The molecule has 1 amide bonds. The summed E-state index contributed by atoms with van der Waals surface area (Å²) in [4.78, 5) is 21.2. The Morgan fingerprint density at radius 3 is 2.96 bits per heavy atom. The number of H-pyrrole nitrogens is 1. The number of aromatic nitrogens is 2. The van der Waals surface area contributed by atoms with Gasteiger partial charge in [0, 0.05) is 5.69 Å². The van der Waals surface area contributed by atoms with Crippen molar-refractivity contribution in [2.75, 3.05) is 11.5 Å². The SMILES string of the molecule is O=C1OCC(CCc2ccccc2)N1c1ccc2[nH]cnc2c1. The van der Waals surface area contributed by atoms with E-state index in [1.54, 1.807) is 11.2 Å². The van der Waals surface area contributed by atoms with Crippen molar-refractivity contribution < 1.29 is 9.53 Å². The van der Waals surface area contributed by atoms with E-state index in [0.717, 1.165) is 29.6 Å². The molecule has 0 spiro atoms. The Labute approximate surface area is 133 Å². The molecule has 1 aliphatic rings. The predicted molar refractivity (Wildman–Crippen MR) is 88.5 cm³/mol. The Bertz CT molecular complexity index is 828. The van der Waals surface area contributed by atoms with Crippen LogP contribution in [0.15, 0.2) is 54.9 Å². The summed E-state index contributed by atoms with van der Waals surface area (Å²) in [6.07, 6.45) is 3.17. The number of imidazole rings is 1. The molecule has 23 heavy (non-hydrogen) atoms. The monoisotopic (exact) mass is 307 g/mol. The number of aromatic amines is 1. The third-order valence-corrected chi connectivity index (χ3v) is 4.25. The highest BCUT2D eigenvalue weighted by Crippen LogP contribution is 2.27. The number of nitrogens with one attached hydrogen (secondary N) is 1. The summed E-state index contributed by atoms with van der Waals surface area (Å²) in [7, 11) is 0. The second-order valence-electron chi connectivity index (χ2n) is 5.73. The summed E-state index contributed by atoms with van der Waals surface area (Å²) in [6.45, 7) is 0.435. The van der Waals surface area contributed by atoms with Crippen molar-refractivity contribution in [1.29, 1.82) is 0 Å². The average Bonchev–Trinajstić information content (AvgIpc) is 3.19. The van der Waals surface area contributed by atoms with Crippen LogP contribution in [-0.2, 0) is 11.2 Å². The Hall–Kier alpha value is -2.82. The summed E-state index contributed by atoms with van der Waals surface area (Å²) in [5.74, 6) is 0. The van der Waals surface area contributed by atoms with E-state index in [1.165, 1.54) is 5.56 Å². The summed E-state index contributed by atoms with van der Waals surface area (Å²) < 4.78 is 5.27. The minimum absolute atomic E-state index is 0.0547. The first-order chi connectivity index (χ1) is 11.3. The number of hydrogen-bond donors (Lipinski definition) is 1. The fraction of sp³-hybridized carbons (Fsp3) is 0.222. The van der Waals surface area contributed by atoms with Gasteiger partial charge in [0.1, 0.15) is 6.61 Å². The molecule has 1 N–H and O–H groups in total. The number of ether oxygens (including phenoxy) is 1. The molecule has 116 valence electrons.